The number of hydrogen-bond acceptors (Lipinski definition) is 7. The second kappa shape index (κ2) is 8.87. The van der Waals surface area contributed by atoms with Gasteiger partial charge in [0.2, 0.25) is 5.88 Å². The van der Waals surface area contributed by atoms with Gasteiger partial charge in [-0.1, -0.05) is 0 Å². The van der Waals surface area contributed by atoms with Crippen molar-refractivity contribution in [3.05, 3.63) is 74.9 Å². The molecule has 0 atom stereocenters. The average molecular weight is 490 g/mol. The Hall–Kier alpha value is -4.05. The first-order chi connectivity index (χ1) is 17.5. The zero-order chi connectivity index (χ0) is 24.8. The molecular formula is C26H24FN5O4. The summed E-state index contributed by atoms with van der Waals surface area (Å²) in [7, 11) is 1.55. The molecule has 9 nitrogen and oxygen atoms in total. The van der Waals surface area contributed by atoms with Gasteiger partial charge in [-0.05, 0) is 56.0 Å². The number of nitrogens with one attached hydrogen (secondary N) is 2. The zero-order valence-corrected chi connectivity index (χ0v) is 19.6. The second-order valence-electron chi connectivity index (χ2n) is 9.16. The molecule has 0 amide bonds. The quantitative estimate of drug-likeness (QED) is 0.361. The summed E-state index contributed by atoms with van der Waals surface area (Å²) in [5.74, 6) is 0.0558. The summed E-state index contributed by atoms with van der Waals surface area (Å²) in [6, 6.07) is 9.68. The number of halogens is 1. The zero-order valence-electron chi connectivity index (χ0n) is 19.6. The Morgan fingerprint density at radius 3 is 2.78 bits per heavy atom. The van der Waals surface area contributed by atoms with Crippen molar-refractivity contribution in [1.82, 2.24) is 24.8 Å². The molecule has 6 rings (SSSR count). The number of aromatic amines is 1. The average Bonchev–Trinajstić information content (AvgIpc) is 3.33. The highest BCUT2D eigenvalue weighted by Gasteiger charge is 2.25. The Bertz CT molecular complexity index is 1720. The van der Waals surface area contributed by atoms with E-state index in [-0.39, 0.29) is 17.6 Å². The Labute approximate surface area is 203 Å². The molecule has 1 aliphatic rings. The van der Waals surface area contributed by atoms with Crippen LogP contribution in [0.5, 0.6) is 5.88 Å². The van der Waals surface area contributed by atoms with Gasteiger partial charge >= 0.3 is 5.63 Å². The normalized spacial score (nSPS) is 18.3. The lowest BCUT2D eigenvalue weighted by Gasteiger charge is -2.30. The van der Waals surface area contributed by atoms with Crippen LogP contribution in [0, 0.1) is 5.82 Å². The van der Waals surface area contributed by atoms with Crippen molar-refractivity contribution in [2.75, 3.05) is 7.11 Å². The topological polar surface area (TPSA) is 115 Å². The fraction of sp³-hybridized carbons (Fsp3) is 0.308. The van der Waals surface area contributed by atoms with Crippen LogP contribution < -0.4 is 21.2 Å². The van der Waals surface area contributed by atoms with E-state index in [9.17, 15) is 14.0 Å². The Kier molecular flexibility index (Phi) is 5.52. The summed E-state index contributed by atoms with van der Waals surface area (Å²) in [6.07, 6.45) is 4.73. The first kappa shape index (κ1) is 22.4. The maximum atomic E-state index is 13.8. The van der Waals surface area contributed by atoms with Gasteiger partial charge in [0.25, 0.3) is 5.56 Å². The summed E-state index contributed by atoms with van der Waals surface area (Å²) in [6.45, 7) is 0.525. The smallest absolute Gasteiger partial charge is 0.345 e. The first-order valence-corrected chi connectivity index (χ1v) is 11.9. The number of aromatic nitrogens is 4. The van der Waals surface area contributed by atoms with E-state index in [2.05, 4.69) is 20.3 Å². The third-order valence-corrected chi connectivity index (χ3v) is 6.97. The molecule has 0 spiro atoms. The Morgan fingerprint density at radius 1 is 1.14 bits per heavy atom. The van der Waals surface area contributed by atoms with Crippen LogP contribution >= 0.6 is 0 Å². The van der Waals surface area contributed by atoms with E-state index in [4.69, 9.17) is 9.15 Å². The minimum absolute atomic E-state index is 0.0274. The lowest BCUT2D eigenvalue weighted by Crippen LogP contribution is -2.36. The molecule has 10 heteroatoms. The SMILES string of the molecule is COc1ccc2ncc(=O)n([C@H]3CC[C@H](NCc4cc5c(=O)oc6ccc(F)cc6c5[nH]4)CC3)c2n1. The molecule has 0 bridgehead atoms. The van der Waals surface area contributed by atoms with Gasteiger partial charge in [0.1, 0.15) is 16.9 Å². The summed E-state index contributed by atoms with van der Waals surface area (Å²) in [5.41, 5.74) is 2.33. The van der Waals surface area contributed by atoms with Gasteiger partial charge in [0.05, 0.1) is 24.2 Å². The maximum absolute atomic E-state index is 13.8. The number of ether oxygens (including phenoxy) is 1. The Balaban J connectivity index is 1.18. The van der Waals surface area contributed by atoms with Crippen LogP contribution in [0.2, 0.25) is 0 Å². The molecule has 36 heavy (non-hydrogen) atoms. The van der Waals surface area contributed by atoms with Crippen LogP contribution in [0.1, 0.15) is 37.4 Å². The highest BCUT2D eigenvalue weighted by molar-refractivity contribution is 6.02. The van der Waals surface area contributed by atoms with Gasteiger partial charge in [-0.2, -0.15) is 4.98 Å². The molecule has 0 saturated heterocycles. The molecule has 0 radical (unpaired) electrons. The van der Waals surface area contributed by atoms with Crippen molar-refractivity contribution in [1.29, 1.82) is 0 Å². The van der Waals surface area contributed by atoms with Crippen molar-refractivity contribution in [2.45, 2.75) is 44.3 Å². The number of rotatable bonds is 5. The summed E-state index contributed by atoms with van der Waals surface area (Å²) in [4.78, 5) is 37.0. The molecule has 1 aromatic carbocycles. The van der Waals surface area contributed by atoms with E-state index in [1.807, 2.05) is 6.07 Å². The van der Waals surface area contributed by atoms with Crippen molar-refractivity contribution < 1.29 is 13.5 Å². The standard InChI is InChI=1S/C26H24FN5O4/c1-35-22-9-7-20-25(31-22)32(23(33)13-29-20)17-5-3-15(4-6-17)28-12-16-11-19-24(30-16)18-10-14(27)2-8-21(18)36-26(19)34/h2,7-11,13,15,17,28,30H,3-6,12H2,1H3/t15-,17-. The number of hydrogen-bond donors (Lipinski definition) is 2. The van der Waals surface area contributed by atoms with E-state index in [0.29, 0.717) is 45.5 Å². The predicted molar refractivity (Wildman–Crippen MR) is 133 cm³/mol. The van der Waals surface area contributed by atoms with Crippen LogP contribution in [0.3, 0.4) is 0 Å². The van der Waals surface area contributed by atoms with Gasteiger partial charge in [-0.15, -0.1) is 0 Å². The fourth-order valence-electron chi connectivity index (χ4n) is 5.17. The van der Waals surface area contributed by atoms with Crippen LogP contribution in [-0.4, -0.2) is 32.7 Å². The summed E-state index contributed by atoms with van der Waals surface area (Å²) >= 11 is 0. The van der Waals surface area contributed by atoms with E-state index >= 15 is 0 Å². The molecule has 1 saturated carbocycles. The number of H-pyrrole nitrogens is 1. The third-order valence-electron chi connectivity index (χ3n) is 6.97. The molecule has 184 valence electrons. The first-order valence-electron chi connectivity index (χ1n) is 11.9. The lowest BCUT2D eigenvalue weighted by atomic mass is 9.90. The maximum Gasteiger partial charge on any atom is 0.345 e. The van der Waals surface area contributed by atoms with E-state index < -0.39 is 11.4 Å². The van der Waals surface area contributed by atoms with Gasteiger partial charge in [-0.25, -0.2) is 14.2 Å². The van der Waals surface area contributed by atoms with Crippen LogP contribution in [-0.2, 0) is 6.54 Å². The molecule has 5 aromatic rings. The number of fused-ring (bicyclic) bond motifs is 4. The highest BCUT2D eigenvalue weighted by Crippen LogP contribution is 2.30. The summed E-state index contributed by atoms with van der Waals surface area (Å²) in [5, 5.41) is 4.49. The molecule has 1 fully saturated rings. The summed E-state index contributed by atoms with van der Waals surface area (Å²) < 4.78 is 26.1. The number of nitrogens with zero attached hydrogens (tertiary/aromatic N) is 3. The molecule has 0 unspecified atom stereocenters. The number of pyridine rings is 1. The van der Waals surface area contributed by atoms with Gasteiger partial charge < -0.3 is 19.5 Å². The van der Waals surface area contributed by atoms with Crippen LogP contribution in [0.4, 0.5) is 4.39 Å². The van der Waals surface area contributed by atoms with E-state index in [0.717, 1.165) is 31.4 Å². The minimum atomic E-state index is -0.452. The highest BCUT2D eigenvalue weighted by atomic mass is 19.1. The van der Waals surface area contributed by atoms with Gasteiger partial charge in [0.15, 0.2) is 5.65 Å². The van der Waals surface area contributed by atoms with Gasteiger partial charge in [0, 0.05) is 35.8 Å². The fourth-order valence-corrected chi connectivity index (χ4v) is 5.17. The molecular weight excluding hydrogens is 465 g/mol. The largest absolute Gasteiger partial charge is 0.481 e. The molecule has 2 N–H and O–H groups in total. The molecule has 4 aromatic heterocycles. The van der Waals surface area contributed by atoms with E-state index in [1.54, 1.807) is 23.8 Å². The van der Waals surface area contributed by atoms with Gasteiger partial charge in [-0.3, -0.25) is 9.36 Å². The molecule has 0 aliphatic heterocycles. The molecule has 1 aliphatic carbocycles. The minimum Gasteiger partial charge on any atom is -0.481 e. The number of benzene rings is 1. The monoisotopic (exact) mass is 489 g/mol. The third kappa shape index (κ3) is 3.93. The van der Waals surface area contributed by atoms with Crippen LogP contribution in [0.15, 0.2) is 56.6 Å². The van der Waals surface area contributed by atoms with Crippen molar-refractivity contribution >= 4 is 33.0 Å². The van der Waals surface area contributed by atoms with Crippen molar-refractivity contribution in [2.24, 2.45) is 0 Å². The lowest BCUT2D eigenvalue weighted by molar-refractivity contribution is 0.288. The molecule has 4 heterocycles. The Morgan fingerprint density at radius 2 is 1.97 bits per heavy atom. The predicted octanol–water partition coefficient (Wildman–Crippen LogP) is 3.80. The second-order valence-corrected chi connectivity index (χ2v) is 9.16. The van der Waals surface area contributed by atoms with Crippen molar-refractivity contribution in [3.63, 3.8) is 0 Å². The van der Waals surface area contributed by atoms with Crippen molar-refractivity contribution in [3.8, 4) is 5.88 Å². The van der Waals surface area contributed by atoms with E-state index in [1.165, 1.54) is 24.4 Å². The number of methoxy groups -OCH3 is 1. The van der Waals surface area contributed by atoms with Crippen LogP contribution in [0.25, 0.3) is 33.0 Å².